The van der Waals surface area contributed by atoms with E-state index in [1.165, 1.54) is 35.5 Å². The Labute approximate surface area is 147 Å². The minimum Gasteiger partial charge on any atom is -0.311 e. The molecular weight excluding hydrogens is 343 g/mol. The highest BCUT2D eigenvalue weighted by molar-refractivity contribution is 7.98. The van der Waals surface area contributed by atoms with Crippen molar-refractivity contribution in [1.82, 2.24) is 18.7 Å². The van der Waals surface area contributed by atoms with Crippen molar-refractivity contribution in [3.05, 3.63) is 56.5 Å². The zero-order valence-electron chi connectivity index (χ0n) is 14.5. The van der Waals surface area contributed by atoms with Crippen molar-refractivity contribution >= 4 is 22.9 Å². The Balaban J connectivity index is 2.12. The third kappa shape index (κ3) is 3.02. The Morgan fingerprint density at radius 3 is 2.36 bits per heavy atom. The van der Waals surface area contributed by atoms with Gasteiger partial charge in [-0.3, -0.25) is 13.9 Å². The number of benzene rings is 1. The molecule has 0 aliphatic carbocycles. The van der Waals surface area contributed by atoms with Gasteiger partial charge in [-0.05, 0) is 31.5 Å². The van der Waals surface area contributed by atoms with E-state index in [1.54, 1.807) is 19.2 Å². The van der Waals surface area contributed by atoms with Crippen molar-refractivity contribution in [2.45, 2.75) is 30.8 Å². The number of imidazole rings is 1. The van der Waals surface area contributed by atoms with E-state index in [0.29, 0.717) is 22.1 Å². The molecule has 0 amide bonds. The second kappa shape index (κ2) is 6.51. The number of fused-ring (bicyclic) bond motifs is 1. The van der Waals surface area contributed by atoms with Gasteiger partial charge in [-0.2, -0.15) is 0 Å². The first kappa shape index (κ1) is 17.5. The average molecular weight is 362 g/mol. The lowest BCUT2D eigenvalue weighted by molar-refractivity contribution is 0.562. The Bertz CT molecular complexity index is 1050. The number of thioether (sulfide) groups is 1. The summed E-state index contributed by atoms with van der Waals surface area (Å²) < 4.78 is 17.4. The van der Waals surface area contributed by atoms with Crippen LogP contribution < -0.4 is 11.2 Å². The highest BCUT2D eigenvalue weighted by Crippen LogP contribution is 2.28. The molecule has 0 spiro atoms. The molecular formula is C17H19FN4O2S. The van der Waals surface area contributed by atoms with Gasteiger partial charge < -0.3 is 4.57 Å². The van der Waals surface area contributed by atoms with E-state index in [4.69, 9.17) is 0 Å². The van der Waals surface area contributed by atoms with E-state index in [1.807, 2.05) is 18.4 Å². The molecule has 6 nitrogen and oxygen atoms in total. The lowest BCUT2D eigenvalue weighted by atomic mass is 10.2. The van der Waals surface area contributed by atoms with E-state index in [0.717, 1.165) is 10.1 Å². The molecule has 0 atom stereocenters. The van der Waals surface area contributed by atoms with Crippen LogP contribution in [-0.4, -0.2) is 18.7 Å². The molecule has 0 bridgehead atoms. The van der Waals surface area contributed by atoms with Crippen LogP contribution in [0.4, 0.5) is 4.39 Å². The molecule has 25 heavy (non-hydrogen) atoms. The van der Waals surface area contributed by atoms with Crippen LogP contribution >= 0.6 is 11.8 Å². The van der Waals surface area contributed by atoms with Gasteiger partial charge >= 0.3 is 5.69 Å². The number of nitrogens with zero attached hydrogens (tertiary/aromatic N) is 4. The van der Waals surface area contributed by atoms with Crippen molar-refractivity contribution in [3.63, 3.8) is 0 Å². The first-order valence-corrected chi connectivity index (χ1v) is 8.85. The second-order valence-corrected chi connectivity index (χ2v) is 7.09. The SMILES string of the molecule is CC(C)n1c(SCc2ccc(F)cc2)nc2c1c(=O)n(C)c(=O)n2C. The maximum absolute atomic E-state index is 13.0. The van der Waals surface area contributed by atoms with Crippen molar-refractivity contribution in [2.24, 2.45) is 14.1 Å². The molecule has 0 aliphatic heterocycles. The van der Waals surface area contributed by atoms with Crippen molar-refractivity contribution in [3.8, 4) is 0 Å². The Morgan fingerprint density at radius 2 is 1.76 bits per heavy atom. The molecule has 3 rings (SSSR count). The van der Waals surface area contributed by atoms with Crippen LogP contribution in [0.2, 0.25) is 0 Å². The number of halogens is 1. The number of hydrogen-bond acceptors (Lipinski definition) is 4. The summed E-state index contributed by atoms with van der Waals surface area (Å²) in [6.45, 7) is 3.93. The zero-order valence-corrected chi connectivity index (χ0v) is 15.3. The lowest BCUT2D eigenvalue weighted by Crippen LogP contribution is -2.37. The third-order valence-corrected chi connectivity index (χ3v) is 5.08. The number of rotatable bonds is 4. The highest BCUT2D eigenvalue weighted by atomic mass is 32.2. The number of aryl methyl sites for hydroxylation is 1. The molecule has 3 aromatic rings. The van der Waals surface area contributed by atoms with Crippen LogP contribution in [0.3, 0.4) is 0 Å². The maximum atomic E-state index is 13.0. The van der Waals surface area contributed by atoms with E-state index >= 15 is 0 Å². The van der Waals surface area contributed by atoms with Gasteiger partial charge in [0.2, 0.25) is 0 Å². The van der Waals surface area contributed by atoms with Crippen LogP contribution in [0.25, 0.3) is 11.2 Å². The first-order valence-electron chi connectivity index (χ1n) is 7.86. The van der Waals surface area contributed by atoms with E-state index < -0.39 is 5.69 Å². The standard InChI is InChI=1S/C17H19FN4O2S/c1-10(2)22-13-14(20(3)17(24)21(4)15(13)23)19-16(22)25-9-11-5-7-12(18)8-6-11/h5-8,10H,9H2,1-4H3. The first-order chi connectivity index (χ1) is 11.8. The fourth-order valence-electron chi connectivity index (χ4n) is 2.70. The molecule has 0 N–H and O–H groups in total. The van der Waals surface area contributed by atoms with Crippen LogP contribution in [0, 0.1) is 5.82 Å². The largest absolute Gasteiger partial charge is 0.332 e. The van der Waals surface area contributed by atoms with Gasteiger partial charge in [0, 0.05) is 25.9 Å². The molecule has 1 aromatic carbocycles. The van der Waals surface area contributed by atoms with E-state index in [2.05, 4.69) is 4.98 Å². The summed E-state index contributed by atoms with van der Waals surface area (Å²) in [5.41, 5.74) is 0.995. The van der Waals surface area contributed by atoms with Crippen LogP contribution in [-0.2, 0) is 19.8 Å². The van der Waals surface area contributed by atoms with Crippen molar-refractivity contribution in [2.75, 3.05) is 0 Å². The van der Waals surface area contributed by atoms with Gasteiger partial charge in [-0.15, -0.1) is 0 Å². The van der Waals surface area contributed by atoms with Crippen molar-refractivity contribution < 1.29 is 4.39 Å². The summed E-state index contributed by atoms with van der Waals surface area (Å²) in [7, 11) is 3.07. The van der Waals surface area contributed by atoms with Crippen LogP contribution in [0.15, 0.2) is 39.0 Å². The monoisotopic (exact) mass is 362 g/mol. The van der Waals surface area contributed by atoms with Crippen LogP contribution in [0.1, 0.15) is 25.5 Å². The highest BCUT2D eigenvalue weighted by Gasteiger charge is 2.20. The molecule has 132 valence electrons. The molecule has 0 unspecified atom stereocenters. The van der Waals surface area contributed by atoms with Crippen LogP contribution in [0.5, 0.6) is 0 Å². The summed E-state index contributed by atoms with van der Waals surface area (Å²) in [5.74, 6) is 0.312. The summed E-state index contributed by atoms with van der Waals surface area (Å²) >= 11 is 1.46. The van der Waals surface area contributed by atoms with Gasteiger partial charge in [-0.25, -0.2) is 14.2 Å². The third-order valence-electron chi connectivity index (χ3n) is 4.06. The normalized spacial score (nSPS) is 11.6. The molecule has 0 saturated heterocycles. The number of aromatic nitrogens is 4. The molecule has 2 heterocycles. The summed E-state index contributed by atoms with van der Waals surface area (Å²) in [6, 6.07) is 6.28. The van der Waals surface area contributed by atoms with E-state index in [9.17, 15) is 14.0 Å². The molecule has 0 radical (unpaired) electrons. The number of hydrogen-bond donors (Lipinski definition) is 0. The molecule has 8 heteroatoms. The lowest BCUT2D eigenvalue weighted by Gasteiger charge is -2.12. The van der Waals surface area contributed by atoms with Gasteiger partial charge in [-0.1, -0.05) is 23.9 Å². The Kier molecular flexibility index (Phi) is 4.55. The fourth-order valence-corrected chi connectivity index (χ4v) is 3.78. The summed E-state index contributed by atoms with van der Waals surface area (Å²) in [4.78, 5) is 29.3. The van der Waals surface area contributed by atoms with Gasteiger partial charge in [0.15, 0.2) is 16.3 Å². The van der Waals surface area contributed by atoms with Crippen molar-refractivity contribution in [1.29, 1.82) is 0 Å². The topological polar surface area (TPSA) is 61.8 Å². The van der Waals surface area contributed by atoms with Gasteiger partial charge in [0.05, 0.1) is 0 Å². The Morgan fingerprint density at radius 1 is 1.12 bits per heavy atom. The quantitative estimate of drug-likeness (QED) is 0.669. The zero-order chi connectivity index (χ0) is 18.3. The molecule has 0 saturated carbocycles. The van der Waals surface area contributed by atoms with E-state index in [-0.39, 0.29) is 17.4 Å². The molecule has 2 aromatic heterocycles. The summed E-state index contributed by atoms with van der Waals surface area (Å²) in [6.07, 6.45) is 0. The summed E-state index contributed by atoms with van der Waals surface area (Å²) in [5, 5.41) is 0.660. The minimum atomic E-state index is -0.402. The van der Waals surface area contributed by atoms with Gasteiger partial charge in [0.25, 0.3) is 5.56 Å². The molecule has 0 aliphatic rings. The predicted octanol–water partition coefficient (Wildman–Crippen LogP) is 2.45. The smallest absolute Gasteiger partial charge is 0.311 e. The minimum absolute atomic E-state index is 0.00548. The van der Waals surface area contributed by atoms with Gasteiger partial charge in [0.1, 0.15) is 5.82 Å². The Hall–Kier alpha value is -2.35. The predicted molar refractivity (Wildman–Crippen MR) is 96.6 cm³/mol. The maximum Gasteiger partial charge on any atom is 0.332 e. The second-order valence-electron chi connectivity index (χ2n) is 6.15. The average Bonchev–Trinajstić information content (AvgIpc) is 2.97. The fraction of sp³-hybridized carbons (Fsp3) is 0.353. The molecule has 0 fully saturated rings.